The van der Waals surface area contributed by atoms with E-state index in [-0.39, 0.29) is 41.2 Å². The minimum Gasteiger partial charge on any atom is -0.336 e. The molecule has 0 radical (unpaired) electrons. The SMILES string of the molecule is C=C(C1=NC2=NC(/C(=N/N)Nc3ccccc3)=NC3=NC(c4nncn4-c4ccccc4)=NC(=N1)N23)N(C=N)c1ccccc1.CCC(C)S. The first kappa shape index (κ1) is 33.4. The number of aromatic nitrogens is 3. The van der Waals surface area contributed by atoms with Gasteiger partial charge in [-0.25, -0.2) is 4.90 Å². The van der Waals surface area contributed by atoms with E-state index in [1.165, 1.54) is 11.3 Å². The van der Waals surface area contributed by atoms with Crippen molar-refractivity contribution in [2.45, 2.75) is 25.5 Å². The monoisotopic (exact) mass is 683 g/mol. The number of para-hydroxylation sites is 3. The fourth-order valence-corrected chi connectivity index (χ4v) is 4.60. The lowest BCUT2D eigenvalue weighted by molar-refractivity contribution is 0.826. The normalized spacial score (nSPS) is 15.3. The Labute approximate surface area is 293 Å². The number of hydrogen-bond acceptors (Lipinski definition) is 13. The van der Waals surface area contributed by atoms with Crippen molar-refractivity contribution in [3.8, 4) is 5.69 Å². The molecule has 7 rings (SSSR count). The van der Waals surface area contributed by atoms with Crippen LogP contribution in [0.25, 0.3) is 5.69 Å². The number of aliphatic imine (C=N–C) groups is 6. The van der Waals surface area contributed by atoms with Crippen LogP contribution < -0.4 is 16.1 Å². The van der Waals surface area contributed by atoms with Gasteiger partial charge in [-0.15, -0.1) is 10.2 Å². The van der Waals surface area contributed by atoms with E-state index in [1.54, 1.807) is 15.8 Å². The first-order valence-electron chi connectivity index (χ1n) is 15.5. The fourth-order valence-electron chi connectivity index (χ4n) is 4.60. The van der Waals surface area contributed by atoms with Crippen LogP contribution in [0.2, 0.25) is 0 Å². The molecule has 3 aromatic carbocycles. The number of guanidine groups is 3. The second kappa shape index (κ2) is 15.1. The largest absolute Gasteiger partial charge is 0.336 e. The van der Waals surface area contributed by atoms with E-state index < -0.39 is 0 Å². The zero-order chi connectivity index (χ0) is 35.0. The van der Waals surface area contributed by atoms with Crippen LogP contribution in [0.15, 0.2) is 145 Å². The third-order valence-electron chi connectivity index (χ3n) is 7.30. The van der Waals surface area contributed by atoms with Gasteiger partial charge >= 0.3 is 0 Å². The molecule has 50 heavy (non-hydrogen) atoms. The zero-order valence-corrected chi connectivity index (χ0v) is 28.1. The number of thiol groups is 1. The molecule has 4 heterocycles. The summed E-state index contributed by atoms with van der Waals surface area (Å²) in [6, 6.07) is 28.2. The lowest BCUT2D eigenvalue weighted by atomic mass is 10.2. The van der Waals surface area contributed by atoms with Gasteiger partial charge in [-0.05, 0) is 48.1 Å². The Kier molecular flexibility index (Phi) is 10.1. The highest BCUT2D eigenvalue weighted by atomic mass is 32.1. The lowest BCUT2D eigenvalue weighted by Crippen LogP contribution is -2.49. The predicted molar refractivity (Wildman–Crippen MR) is 204 cm³/mol. The first-order valence-corrected chi connectivity index (χ1v) is 16.0. The summed E-state index contributed by atoms with van der Waals surface area (Å²) in [5, 5.41) is 24.1. The van der Waals surface area contributed by atoms with Crippen molar-refractivity contribution in [1.82, 2.24) is 19.7 Å². The third kappa shape index (κ3) is 7.14. The number of benzene rings is 3. The second-order valence-corrected chi connectivity index (χ2v) is 11.6. The molecule has 250 valence electrons. The highest BCUT2D eigenvalue weighted by Gasteiger charge is 2.37. The molecule has 1 atom stereocenters. The van der Waals surface area contributed by atoms with Crippen molar-refractivity contribution in [2.24, 2.45) is 40.9 Å². The molecule has 3 aliphatic rings. The predicted octanol–water partition coefficient (Wildman–Crippen LogP) is 4.95. The summed E-state index contributed by atoms with van der Waals surface area (Å²) in [6.45, 7) is 8.40. The Bertz CT molecular complexity index is 2090. The number of anilines is 2. The molecular formula is C34H33N15S. The number of hydrogen-bond donors (Lipinski definition) is 4. The summed E-state index contributed by atoms with van der Waals surface area (Å²) in [5.74, 6) is 7.33. The smallest absolute Gasteiger partial charge is 0.243 e. The number of nitrogens with one attached hydrogen (secondary N) is 2. The Morgan fingerprint density at radius 2 is 1.48 bits per heavy atom. The van der Waals surface area contributed by atoms with Crippen LogP contribution in [0, 0.1) is 5.41 Å². The Morgan fingerprint density at radius 3 is 2.12 bits per heavy atom. The number of amidine groups is 4. The average Bonchev–Trinajstić information content (AvgIpc) is 3.66. The molecule has 3 aliphatic heterocycles. The van der Waals surface area contributed by atoms with Gasteiger partial charge < -0.3 is 11.2 Å². The van der Waals surface area contributed by atoms with Gasteiger partial charge in [0, 0.05) is 17.1 Å². The average molecular weight is 684 g/mol. The molecule has 4 aromatic rings. The van der Waals surface area contributed by atoms with Crippen LogP contribution in [-0.2, 0) is 0 Å². The van der Waals surface area contributed by atoms with Crippen LogP contribution in [0.1, 0.15) is 26.1 Å². The van der Waals surface area contributed by atoms with E-state index >= 15 is 0 Å². The quantitative estimate of drug-likeness (QED) is 0.0636. The Hall–Kier alpha value is -6.55. The molecule has 0 saturated heterocycles. The minimum absolute atomic E-state index is 0.124. The summed E-state index contributed by atoms with van der Waals surface area (Å²) in [4.78, 5) is 31.2. The van der Waals surface area contributed by atoms with E-state index in [2.05, 4.69) is 68.6 Å². The molecule has 1 aromatic heterocycles. The third-order valence-corrected chi connectivity index (χ3v) is 7.66. The van der Waals surface area contributed by atoms with E-state index in [9.17, 15) is 0 Å². The Morgan fingerprint density at radius 1 is 0.900 bits per heavy atom. The topological polar surface area (TPSA) is 186 Å². The summed E-state index contributed by atoms with van der Waals surface area (Å²) >= 11 is 4.10. The number of rotatable bonds is 9. The first-order chi connectivity index (χ1) is 24.4. The fraction of sp³-hybridized carbons (Fsp3) is 0.118. The van der Waals surface area contributed by atoms with Crippen LogP contribution in [0.5, 0.6) is 0 Å². The van der Waals surface area contributed by atoms with Crippen molar-refractivity contribution >= 4 is 71.6 Å². The van der Waals surface area contributed by atoms with E-state index in [0.717, 1.165) is 17.7 Å². The maximum absolute atomic E-state index is 8.09. The maximum atomic E-state index is 8.09. The lowest BCUT2D eigenvalue weighted by Gasteiger charge is -2.31. The molecular weight excluding hydrogens is 651 g/mol. The van der Waals surface area contributed by atoms with Gasteiger partial charge in [-0.2, -0.15) is 47.7 Å². The zero-order valence-electron chi connectivity index (χ0n) is 27.2. The van der Waals surface area contributed by atoms with Crippen LogP contribution >= 0.6 is 12.6 Å². The molecule has 0 saturated carbocycles. The van der Waals surface area contributed by atoms with E-state index in [4.69, 9.17) is 26.2 Å². The van der Waals surface area contributed by atoms with Crippen molar-refractivity contribution in [3.63, 3.8) is 0 Å². The van der Waals surface area contributed by atoms with Gasteiger partial charge in [-0.1, -0.05) is 75.0 Å². The van der Waals surface area contributed by atoms with Gasteiger partial charge in [0.1, 0.15) is 6.33 Å². The minimum atomic E-state index is 0.124. The Balaban J connectivity index is 0.000000808. The number of hydrazone groups is 1. The molecule has 0 fully saturated rings. The van der Waals surface area contributed by atoms with E-state index in [0.29, 0.717) is 22.5 Å². The van der Waals surface area contributed by atoms with Crippen molar-refractivity contribution in [3.05, 3.63) is 115 Å². The van der Waals surface area contributed by atoms with Gasteiger partial charge in [0.05, 0.1) is 12.0 Å². The molecule has 1 unspecified atom stereocenters. The molecule has 0 aliphatic carbocycles. The van der Waals surface area contributed by atoms with Crippen LogP contribution in [0.4, 0.5) is 11.4 Å². The number of nitrogens with zero attached hydrogens (tertiary/aromatic N) is 12. The molecule has 0 spiro atoms. The molecule has 0 amide bonds. The summed E-state index contributed by atoms with van der Waals surface area (Å²) in [7, 11) is 0. The van der Waals surface area contributed by atoms with Gasteiger partial charge in [0.25, 0.3) is 0 Å². The molecule has 0 bridgehead atoms. The molecule has 16 heteroatoms. The van der Waals surface area contributed by atoms with Crippen molar-refractivity contribution in [2.75, 3.05) is 10.2 Å². The van der Waals surface area contributed by atoms with Gasteiger partial charge in [-0.3, -0.25) is 14.9 Å². The highest BCUT2D eigenvalue weighted by molar-refractivity contribution is 7.80. The van der Waals surface area contributed by atoms with Gasteiger partial charge in [0.2, 0.25) is 35.4 Å². The standard InChI is InChI=1S/C30H23N15.C4H10S/c1-19(43(17-31)21-13-7-3-8-14-21)23-35-28-37-24(25(41-32)34-20-11-5-2-6-12-20)38-30-40-26(39-29(36-23)45(28)30)27-42-33-18-44(27)22-15-9-4-10-16-22;1-3-4(2)5/h2-18,31H,1,32H2,(H,34,41);4-5H,3H2,1-2H3. The maximum Gasteiger partial charge on any atom is 0.243 e. The van der Waals surface area contributed by atoms with Gasteiger partial charge in [0.15, 0.2) is 11.7 Å². The number of nitrogens with two attached hydrogens (primary N) is 1. The van der Waals surface area contributed by atoms with Crippen molar-refractivity contribution in [1.29, 1.82) is 5.41 Å². The van der Waals surface area contributed by atoms with Crippen molar-refractivity contribution < 1.29 is 0 Å². The summed E-state index contributed by atoms with van der Waals surface area (Å²) < 4.78 is 1.76. The summed E-state index contributed by atoms with van der Waals surface area (Å²) in [6.07, 6.45) is 3.88. The van der Waals surface area contributed by atoms with Crippen LogP contribution in [0.3, 0.4) is 0 Å². The molecule has 4 N–H and O–H groups in total. The second-order valence-electron chi connectivity index (χ2n) is 10.7. The molecule has 15 nitrogen and oxygen atoms in total. The van der Waals surface area contributed by atoms with E-state index in [1.807, 2.05) is 91.0 Å². The van der Waals surface area contributed by atoms with Crippen LogP contribution in [-0.4, -0.2) is 72.5 Å². The summed E-state index contributed by atoms with van der Waals surface area (Å²) in [5.41, 5.74) is 2.56. The highest BCUT2D eigenvalue weighted by Crippen LogP contribution is 2.24.